The van der Waals surface area contributed by atoms with Crippen LogP contribution in [-0.4, -0.2) is 15.1 Å². The van der Waals surface area contributed by atoms with E-state index in [0.717, 1.165) is 21.2 Å². The fourth-order valence-electron chi connectivity index (χ4n) is 1.92. The van der Waals surface area contributed by atoms with Crippen molar-refractivity contribution in [3.63, 3.8) is 0 Å². The topological polar surface area (TPSA) is 46.0 Å². The fraction of sp³-hybridized carbons (Fsp3) is 0.0769. The average molecular weight is 321 g/mol. The first-order valence-corrected chi connectivity index (χ1v) is 7.04. The molecule has 3 rings (SSSR count). The molecule has 0 bridgehead atoms. The van der Waals surface area contributed by atoms with Crippen LogP contribution in [0, 0.1) is 0 Å². The van der Waals surface area contributed by atoms with Crippen LogP contribution in [0.25, 0.3) is 10.8 Å². The van der Waals surface area contributed by atoms with Gasteiger partial charge in [-0.1, -0.05) is 24.3 Å². The first-order chi connectivity index (χ1) is 8.77. The highest BCUT2D eigenvalue weighted by molar-refractivity contribution is 9.10. The van der Waals surface area contributed by atoms with Crippen LogP contribution in [-0.2, 0) is 0 Å². The van der Waals surface area contributed by atoms with Gasteiger partial charge in [-0.2, -0.15) is 0 Å². The summed E-state index contributed by atoms with van der Waals surface area (Å²) in [7, 11) is 0. The number of aromatic nitrogens is 2. The van der Waals surface area contributed by atoms with Gasteiger partial charge in [-0.25, -0.2) is 4.98 Å². The molecule has 0 aliphatic carbocycles. The molecular formula is C13H9BrN2OS. The maximum Gasteiger partial charge on any atom is 0.123 e. The molecule has 2 aromatic heterocycles. The van der Waals surface area contributed by atoms with Crippen LogP contribution < -0.4 is 0 Å². The molecule has 0 amide bonds. The SMILES string of the molecule is OC(c1scnc1Br)c1cncc2ccccc12. The van der Waals surface area contributed by atoms with E-state index >= 15 is 0 Å². The van der Waals surface area contributed by atoms with E-state index in [1.807, 2.05) is 24.3 Å². The Labute approximate surface area is 116 Å². The van der Waals surface area contributed by atoms with Crippen molar-refractivity contribution in [2.75, 3.05) is 0 Å². The van der Waals surface area contributed by atoms with Gasteiger partial charge in [0, 0.05) is 23.3 Å². The number of aliphatic hydroxyl groups excluding tert-OH is 1. The molecule has 0 fully saturated rings. The number of fused-ring (bicyclic) bond motifs is 1. The summed E-state index contributed by atoms with van der Waals surface area (Å²) in [4.78, 5) is 9.08. The Bertz CT molecular complexity index is 693. The molecule has 2 heterocycles. The van der Waals surface area contributed by atoms with E-state index in [2.05, 4.69) is 25.9 Å². The zero-order chi connectivity index (χ0) is 12.5. The summed E-state index contributed by atoms with van der Waals surface area (Å²) in [6.45, 7) is 0. The predicted molar refractivity (Wildman–Crippen MR) is 75.6 cm³/mol. The quantitative estimate of drug-likeness (QED) is 0.785. The Kier molecular flexibility index (Phi) is 3.11. The summed E-state index contributed by atoms with van der Waals surface area (Å²) in [5.41, 5.74) is 2.51. The summed E-state index contributed by atoms with van der Waals surface area (Å²) >= 11 is 4.77. The van der Waals surface area contributed by atoms with E-state index in [4.69, 9.17) is 0 Å². The molecule has 0 saturated heterocycles. The van der Waals surface area contributed by atoms with Crippen LogP contribution in [0.3, 0.4) is 0 Å². The van der Waals surface area contributed by atoms with Crippen molar-refractivity contribution in [1.29, 1.82) is 0 Å². The number of rotatable bonds is 2. The lowest BCUT2D eigenvalue weighted by Crippen LogP contribution is -2.00. The number of nitrogens with zero attached hydrogens (tertiary/aromatic N) is 2. The Morgan fingerprint density at radius 2 is 2.06 bits per heavy atom. The number of aliphatic hydroxyl groups is 1. The van der Waals surface area contributed by atoms with Crippen molar-refractivity contribution in [3.8, 4) is 0 Å². The van der Waals surface area contributed by atoms with Crippen molar-refractivity contribution in [3.05, 3.63) is 57.2 Å². The van der Waals surface area contributed by atoms with Crippen LogP contribution in [0.4, 0.5) is 0 Å². The smallest absolute Gasteiger partial charge is 0.123 e. The first kappa shape index (κ1) is 11.8. The highest BCUT2D eigenvalue weighted by Crippen LogP contribution is 2.33. The van der Waals surface area contributed by atoms with Crippen LogP contribution in [0.1, 0.15) is 16.5 Å². The molecule has 18 heavy (non-hydrogen) atoms. The van der Waals surface area contributed by atoms with Gasteiger partial charge in [0.2, 0.25) is 0 Å². The lowest BCUT2D eigenvalue weighted by molar-refractivity contribution is 0.224. The first-order valence-electron chi connectivity index (χ1n) is 5.37. The van der Waals surface area contributed by atoms with Crippen LogP contribution >= 0.6 is 27.3 Å². The zero-order valence-corrected chi connectivity index (χ0v) is 11.6. The number of hydrogen-bond acceptors (Lipinski definition) is 4. The average Bonchev–Trinajstić information content (AvgIpc) is 2.83. The van der Waals surface area contributed by atoms with Gasteiger partial charge < -0.3 is 5.11 Å². The molecule has 3 aromatic rings. The molecule has 0 aliphatic heterocycles. The molecule has 1 atom stereocenters. The predicted octanol–water partition coefficient (Wildman–Crippen LogP) is 3.54. The molecule has 1 N–H and O–H groups in total. The Hall–Kier alpha value is -1.30. The minimum absolute atomic E-state index is 0.688. The third-order valence-electron chi connectivity index (χ3n) is 2.79. The summed E-state index contributed by atoms with van der Waals surface area (Å²) in [6.07, 6.45) is 2.80. The van der Waals surface area contributed by atoms with Gasteiger partial charge in [-0.3, -0.25) is 4.98 Å². The number of hydrogen-bond donors (Lipinski definition) is 1. The largest absolute Gasteiger partial charge is 0.383 e. The van der Waals surface area contributed by atoms with E-state index in [0.29, 0.717) is 4.60 Å². The van der Waals surface area contributed by atoms with Gasteiger partial charge >= 0.3 is 0 Å². The summed E-state index contributed by atoms with van der Waals surface area (Å²) in [6, 6.07) is 7.90. The van der Waals surface area contributed by atoms with Crippen molar-refractivity contribution >= 4 is 38.0 Å². The van der Waals surface area contributed by atoms with Crippen molar-refractivity contribution in [2.24, 2.45) is 0 Å². The van der Waals surface area contributed by atoms with Gasteiger partial charge in [-0.15, -0.1) is 11.3 Å². The van der Waals surface area contributed by atoms with Crippen molar-refractivity contribution in [2.45, 2.75) is 6.10 Å². The van der Waals surface area contributed by atoms with Crippen LogP contribution in [0.5, 0.6) is 0 Å². The normalized spacial score (nSPS) is 12.8. The van der Waals surface area contributed by atoms with Crippen LogP contribution in [0.2, 0.25) is 0 Å². The number of benzene rings is 1. The maximum atomic E-state index is 10.5. The summed E-state index contributed by atoms with van der Waals surface area (Å²) in [5, 5.41) is 12.5. The Morgan fingerprint density at radius 1 is 1.22 bits per heavy atom. The van der Waals surface area contributed by atoms with E-state index < -0.39 is 6.10 Å². The molecule has 1 aromatic carbocycles. The van der Waals surface area contributed by atoms with E-state index in [9.17, 15) is 5.11 Å². The maximum absolute atomic E-state index is 10.5. The molecule has 0 aliphatic rings. The molecular weight excluding hydrogens is 312 g/mol. The molecule has 0 spiro atoms. The Balaban J connectivity index is 2.18. The van der Waals surface area contributed by atoms with E-state index in [1.54, 1.807) is 17.9 Å². The molecule has 90 valence electrons. The molecule has 0 saturated carbocycles. The molecule has 5 heteroatoms. The van der Waals surface area contributed by atoms with Gasteiger partial charge in [0.15, 0.2) is 0 Å². The van der Waals surface area contributed by atoms with Crippen molar-refractivity contribution in [1.82, 2.24) is 9.97 Å². The number of pyridine rings is 1. The third kappa shape index (κ3) is 1.94. The Morgan fingerprint density at radius 3 is 2.83 bits per heavy atom. The van der Waals surface area contributed by atoms with Crippen molar-refractivity contribution < 1.29 is 5.11 Å². The van der Waals surface area contributed by atoms with Gasteiger partial charge in [0.05, 0.1) is 10.4 Å². The second-order valence-corrected chi connectivity index (χ2v) is 5.50. The van der Waals surface area contributed by atoms with E-state index in [1.165, 1.54) is 11.3 Å². The second kappa shape index (κ2) is 4.76. The minimum Gasteiger partial charge on any atom is -0.383 e. The summed E-state index contributed by atoms with van der Waals surface area (Å²) < 4.78 is 0.688. The standard InChI is InChI=1S/C13H9BrN2OS/c14-13-12(18-7-16-13)11(17)10-6-15-5-8-3-1-2-4-9(8)10/h1-7,11,17H. The van der Waals surface area contributed by atoms with Gasteiger partial charge in [0.1, 0.15) is 10.7 Å². The second-order valence-electron chi connectivity index (χ2n) is 3.86. The lowest BCUT2D eigenvalue weighted by Gasteiger charge is -2.11. The van der Waals surface area contributed by atoms with Gasteiger partial charge in [0.25, 0.3) is 0 Å². The summed E-state index contributed by atoms with van der Waals surface area (Å²) in [5.74, 6) is 0. The highest BCUT2D eigenvalue weighted by Gasteiger charge is 2.18. The molecule has 3 nitrogen and oxygen atoms in total. The number of thiazole rings is 1. The molecule has 0 radical (unpaired) electrons. The number of halogens is 1. The monoisotopic (exact) mass is 320 g/mol. The minimum atomic E-state index is -0.703. The highest BCUT2D eigenvalue weighted by atomic mass is 79.9. The van der Waals surface area contributed by atoms with Crippen LogP contribution in [0.15, 0.2) is 46.8 Å². The zero-order valence-electron chi connectivity index (χ0n) is 9.25. The lowest BCUT2D eigenvalue weighted by atomic mass is 10.0. The van der Waals surface area contributed by atoms with E-state index in [-0.39, 0.29) is 0 Å². The molecule has 1 unspecified atom stereocenters. The third-order valence-corrected chi connectivity index (χ3v) is 4.57. The fourth-order valence-corrected chi connectivity index (χ4v) is 3.33. The van der Waals surface area contributed by atoms with Gasteiger partial charge in [-0.05, 0) is 21.3 Å².